The molecule has 2 rings (SSSR count). The van der Waals surface area contributed by atoms with E-state index in [4.69, 9.17) is 0 Å². The Kier molecular flexibility index (Phi) is 6.70. The Balaban J connectivity index is 1.69. The molecule has 116 valence electrons. The second-order valence-electron chi connectivity index (χ2n) is 5.79. The molecule has 2 N–H and O–H groups in total. The molecule has 1 aliphatic heterocycles. The Morgan fingerprint density at radius 1 is 1.33 bits per heavy atom. The third-order valence-electron chi connectivity index (χ3n) is 3.89. The maximum absolute atomic E-state index is 12.0. The van der Waals surface area contributed by atoms with Crippen molar-refractivity contribution in [1.82, 2.24) is 15.5 Å². The second kappa shape index (κ2) is 8.80. The first-order chi connectivity index (χ1) is 10.3. The number of nitrogens with one attached hydrogen (secondary N) is 2. The van der Waals surface area contributed by atoms with Gasteiger partial charge in [0, 0.05) is 19.1 Å². The fourth-order valence-corrected chi connectivity index (χ4v) is 2.77. The zero-order valence-corrected chi connectivity index (χ0v) is 13.0. The number of nitrogens with zero attached hydrogens (tertiary/aromatic N) is 1. The van der Waals surface area contributed by atoms with Gasteiger partial charge in [-0.05, 0) is 37.9 Å². The van der Waals surface area contributed by atoms with E-state index < -0.39 is 0 Å². The fourth-order valence-electron chi connectivity index (χ4n) is 2.77. The van der Waals surface area contributed by atoms with Gasteiger partial charge in [0.05, 0.1) is 6.54 Å². The average molecular weight is 289 g/mol. The first-order valence-electron chi connectivity index (χ1n) is 8.04. The van der Waals surface area contributed by atoms with Crippen LogP contribution in [0.15, 0.2) is 30.3 Å². The molecule has 1 amide bonds. The van der Waals surface area contributed by atoms with Crippen molar-refractivity contribution in [3.05, 3.63) is 35.9 Å². The van der Waals surface area contributed by atoms with Crippen molar-refractivity contribution >= 4 is 5.91 Å². The molecule has 4 nitrogen and oxygen atoms in total. The van der Waals surface area contributed by atoms with Crippen LogP contribution >= 0.6 is 0 Å². The van der Waals surface area contributed by atoms with E-state index in [-0.39, 0.29) is 5.91 Å². The molecule has 1 atom stereocenters. The van der Waals surface area contributed by atoms with Crippen LogP contribution in [0.25, 0.3) is 0 Å². The van der Waals surface area contributed by atoms with E-state index in [0.717, 1.165) is 31.6 Å². The van der Waals surface area contributed by atoms with Gasteiger partial charge in [0.15, 0.2) is 0 Å². The minimum atomic E-state index is 0.120. The number of carbonyl (C=O) groups excluding carboxylic acids is 1. The molecule has 1 saturated heterocycles. The Bertz CT molecular complexity index is 421. The van der Waals surface area contributed by atoms with E-state index in [1.54, 1.807) is 0 Å². The van der Waals surface area contributed by atoms with Crippen molar-refractivity contribution in [1.29, 1.82) is 0 Å². The van der Waals surface area contributed by atoms with Gasteiger partial charge in [-0.25, -0.2) is 0 Å². The SMILES string of the molecule is CCCNC1CCCN(CC(=O)NCc2ccccc2)C1. The van der Waals surface area contributed by atoms with Crippen LogP contribution in [0.4, 0.5) is 0 Å². The third-order valence-corrected chi connectivity index (χ3v) is 3.89. The second-order valence-corrected chi connectivity index (χ2v) is 5.79. The number of amides is 1. The smallest absolute Gasteiger partial charge is 0.234 e. The summed E-state index contributed by atoms with van der Waals surface area (Å²) in [5.74, 6) is 0.120. The van der Waals surface area contributed by atoms with Gasteiger partial charge in [-0.1, -0.05) is 37.3 Å². The number of hydrogen-bond acceptors (Lipinski definition) is 3. The summed E-state index contributed by atoms with van der Waals surface area (Å²) >= 11 is 0. The van der Waals surface area contributed by atoms with Crippen LogP contribution in [-0.4, -0.2) is 43.0 Å². The molecule has 21 heavy (non-hydrogen) atoms. The maximum atomic E-state index is 12.0. The Morgan fingerprint density at radius 2 is 2.14 bits per heavy atom. The predicted octanol–water partition coefficient (Wildman–Crippen LogP) is 1.77. The number of carbonyl (C=O) groups is 1. The summed E-state index contributed by atoms with van der Waals surface area (Å²) in [6.45, 7) is 6.40. The average Bonchev–Trinajstić information content (AvgIpc) is 2.52. The molecular weight excluding hydrogens is 262 g/mol. The van der Waals surface area contributed by atoms with Gasteiger partial charge in [-0.3, -0.25) is 9.69 Å². The number of hydrogen-bond donors (Lipinski definition) is 2. The van der Waals surface area contributed by atoms with E-state index >= 15 is 0 Å². The van der Waals surface area contributed by atoms with Gasteiger partial charge in [0.25, 0.3) is 0 Å². The van der Waals surface area contributed by atoms with Crippen LogP contribution in [-0.2, 0) is 11.3 Å². The molecular formula is C17H27N3O. The monoisotopic (exact) mass is 289 g/mol. The molecule has 1 aromatic carbocycles. The van der Waals surface area contributed by atoms with Gasteiger partial charge >= 0.3 is 0 Å². The van der Waals surface area contributed by atoms with Crippen molar-refractivity contribution in [2.75, 3.05) is 26.2 Å². The highest BCUT2D eigenvalue weighted by Gasteiger charge is 2.20. The third kappa shape index (κ3) is 5.86. The number of benzene rings is 1. The lowest BCUT2D eigenvalue weighted by molar-refractivity contribution is -0.122. The summed E-state index contributed by atoms with van der Waals surface area (Å²) in [6, 6.07) is 10.6. The van der Waals surface area contributed by atoms with Crippen molar-refractivity contribution in [3.8, 4) is 0 Å². The van der Waals surface area contributed by atoms with Crippen LogP contribution in [0.1, 0.15) is 31.7 Å². The largest absolute Gasteiger partial charge is 0.351 e. The molecule has 4 heteroatoms. The number of piperidine rings is 1. The van der Waals surface area contributed by atoms with Crippen LogP contribution in [0, 0.1) is 0 Å². The van der Waals surface area contributed by atoms with Crippen molar-refractivity contribution < 1.29 is 4.79 Å². The molecule has 0 bridgehead atoms. The lowest BCUT2D eigenvalue weighted by Crippen LogP contribution is -2.48. The van der Waals surface area contributed by atoms with Crippen LogP contribution in [0.3, 0.4) is 0 Å². The van der Waals surface area contributed by atoms with Gasteiger partial charge in [-0.15, -0.1) is 0 Å². The summed E-state index contributed by atoms with van der Waals surface area (Å²) < 4.78 is 0. The minimum Gasteiger partial charge on any atom is -0.351 e. The molecule has 0 spiro atoms. The quantitative estimate of drug-likeness (QED) is 0.804. The molecule has 1 fully saturated rings. The summed E-state index contributed by atoms with van der Waals surface area (Å²) in [6.07, 6.45) is 3.56. The van der Waals surface area contributed by atoms with E-state index in [9.17, 15) is 4.79 Å². The molecule has 0 saturated carbocycles. The van der Waals surface area contributed by atoms with Crippen molar-refractivity contribution in [2.45, 2.75) is 38.8 Å². The van der Waals surface area contributed by atoms with Gasteiger partial charge in [0.1, 0.15) is 0 Å². The topological polar surface area (TPSA) is 44.4 Å². The highest BCUT2D eigenvalue weighted by atomic mass is 16.2. The summed E-state index contributed by atoms with van der Waals surface area (Å²) in [5, 5.41) is 6.56. The van der Waals surface area contributed by atoms with Crippen LogP contribution in [0.2, 0.25) is 0 Å². The molecule has 0 aliphatic carbocycles. The highest BCUT2D eigenvalue weighted by molar-refractivity contribution is 5.78. The lowest BCUT2D eigenvalue weighted by Gasteiger charge is -2.32. The molecule has 1 unspecified atom stereocenters. The van der Waals surface area contributed by atoms with E-state index in [1.807, 2.05) is 30.3 Å². The Labute approximate surface area is 127 Å². The van der Waals surface area contributed by atoms with Crippen molar-refractivity contribution in [3.63, 3.8) is 0 Å². The fraction of sp³-hybridized carbons (Fsp3) is 0.588. The molecule has 0 aromatic heterocycles. The first kappa shape index (κ1) is 16.0. The van der Waals surface area contributed by atoms with Crippen LogP contribution < -0.4 is 10.6 Å². The molecule has 1 aliphatic rings. The van der Waals surface area contributed by atoms with Gasteiger partial charge in [-0.2, -0.15) is 0 Å². The zero-order chi connectivity index (χ0) is 14.9. The minimum absolute atomic E-state index is 0.120. The van der Waals surface area contributed by atoms with E-state index in [1.165, 1.54) is 12.8 Å². The molecule has 0 radical (unpaired) electrons. The van der Waals surface area contributed by atoms with E-state index in [0.29, 0.717) is 19.1 Å². The lowest BCUT2D eigenvalue weighted by atomic mass is 10.1. The van der Waals surface area contributed by atoms with Crippen LogP contribution in [0.5, 0.6) is 0 Å². The Morgan fingerprint density at radius 3 is 2.90 bits per heavy atom. The van der Waals surface area contributed by atoms with Crippen molar-refractivity contribution in [2.24, 2.45) is 0 Å². The molecule has 1 aromatic rings. The van der Waals surface area contributed by atoms with Gasteiger partial charge < -0.3 is 10.6 Å². The summed E-state index contributed by atoms with van der Waals surface area (Å²) in [4.78, 5) is 14.3. The number of rotatable bonds is 7. The molecule has 1 heterocycles. The highest BCUT2D eigenvalue weighted by Crippen LogP contribution is 2.09. The summed E-state index contributed by atoms with van der Waals surface area (Å²) in [7, 11) is 0. The standard InChI is InChI=1S/C17H27N3O/c1-2-10-18-16-9-6-11-20(13-16)14-17(21)19-12-15-7-4-3-5-8-15/h3-5,7-8,16,18H,2,6,9-14H2,1H3,(H,19,21). The normalized spacial score (nSPS) is 19.4. The predicted molar refractivity (Wildman–Crippen MR) is 86.0 cm³/mol. The zero-order valence-electron chi connectivity index (χ0n) is 13.0. The van der Waals surface area contributed by atoms with Gasteiger partial charge in [0.2, 0.25) is 5.91 Å². The number of likely N-dealkylation sites (tertiary alicyclic amines) is 1. The maximum Gasteiger partial charge on any atom is 0.234 e. The van der Waals surface area contributed by atoms with E-state index in [2.05, 4.69) is 22.5 Å². The first-order valence-corrected chi connectivity index (χ1v) is 8.04. The Hall–Kier alpha value is -1.39. The summed E-state index contributed by atoms with van der Waals surface area (Å²) in [5.41, 5.74) is 1.15.